The normalized spacial score (nSPS) is 22.1. The molecule has 3 atom stereocenters. The summed E-state index contributed by atoms with van der Waals surface area (Å²) in [6, 6.07) is 15.4. The molecule has 0 bridgehead atoms. The number of anilines is 2. The number of nitrogens with zero attached hydrogens (tertiary/aromatic N) is 2. The highest BCUT2D eigenvalue weighted by molar-refractivity contribution is 5.93. The number of fused-ring (bicyclic) bond motifs is 1. The van der Waals surface area contributed by atoms with E-state index in [4.69, 9.17) is 4.74 Å². The lowest BCUT2D eigenvalue weighted by atomic mass is 9.82. The first kappa shape index (κ1) is 23.8. The van der Waals surface area contributed by atoms with Crippen LogP contribution in [-0.2, 0) is 14.4 Å². The molecule has 2 heterocycles. The topological polar surface area (TPSA) is 91.0 Å². The van der Waals surface area contributed by atoms with Crippen LogP contribution in [0.3, 0.4) is 0 Å². The molecule has 4 rings (SSSR count). The Labute approximate surface area is 200 Å². The molecule has 0 aromatic heterocycles. The number of hydrogen-bond acceptors (Lipinski definition) is 5. The molecular formula is C26H32N4O4. The molecule has 2 N–H and O–H groups in total. The van der Waals surface area contributed by atoms with E-state index in [0.717, 1.165) is 25.3 Å². The van der Waals surface area contributed by atoms with Crippen LogP contribution < -0.4 is 15.4 Å². The van der Waals surface area contributed by atoms with Gasteiger partial charge in [0.15, 0.2) is 0 Å². The third-order valence-corrected chi connectivity index (χ3v) is 6.82. The lowest BCUT2D eigenvalue weighted by molar-refractivity contribution is -0.131. The fourth-order valence-corrected chi connectivity index (χ4v) is 5.26. The molecule has 0 unspecified atom stereocenters. The average Bonchev–Trinajstić information content (AvgIpc) is 3.19. The minimum absolute atomic E-state index is 0.0758. The number of benzene rings is 2. The van der Waals surface area contributed by atoms with Gasteiger partial charge in [-0.25, -0.2) is 0 Å². The molecule has 2 aliphatic heterocycles. The van der Waals surface area contributed by atoms with Crippen LogP contribution in [0.1, 0.15) is 31.7 Å². The molecule has 34 heavy (non-hydrogen) atoms. The highest BCUT2D eigenvalue weighted by Crippen LogP contribution is 2.41. The summed E-state index contributed by atoms with van der Waals surface area (Å²) in [5, 5.41) is 5.65. The molecule has 0 aliphatic carbocycles. The van der Waals surface area contributed by atoms with E-state index in [1.807, 2.05) is 17.0 Å². The molecule has 8 heteroatoms. The van der Waals surface area contributed by atoms with Crippen LogP contribution in [0.15, 0.2) is 48.5 Å². The minimum atomic E-state index is -0.136. The number of nitrogens with one attached hydrogen (secondary N) is 2. The Morgan fingerprint density at radius 3 is 2.18 bits per heavy atom. The second-order valence-electron chi connectivity index (χ2n) is 9.11. The van der Waals surface area contributed by atoms with Gasteiger partial charge in [-0.1, -0.05) is 12.1 Å². The third kappa shape index (κ3) is 5.39. The molecule has 0 spiro atoms. The number of likely N-dealkylation sites (tertiary alicyclic amines) is 2. The van der Waals surface area contributed by atoms with Crippen LogP contribution >= 0.6 is 0 Å². The summed E-state index contributed by atoms with van der Waals surface area (Å²) in [5.74, 6) is 1.22. The van der Waals surface area contributed by atoms with Gasteiger partial charge in [0.05, 0.1) is 13.7 Å². The molecule has 2 saturated heterocycles. The number of rotatable bonds is 6. The van der Waals surface area contributed by atoms with Gasteiger partial charge in [0.2, 0.25) is 17.7 Å². The van der Waals surface area contributed by atoms with Gasteiger partial charge in [0, 0.05) is 62.7 Å². The third-order valence-electron chi connectivity index (χ3n) is 6.82. The fraction of sp³-hybridized carbons (Fsp3) is 0.423. The van der Waals surface area contributed by atoms with Crippen molar-refractivity contribution in [3.05, 3.63) is 54.1 Å². The number of ether oxygens (including phenoxy) is 1. The Morgan fingerprint density at radius 1 is 0.941 bits per heavy atom. The van der Waals surface area contributed by atoms with Crippen molar-refractivity contribution in [3.8, 4) is 5.75 Å². The number of amides is 3. The Balaban J connectivity index is 1.40. The maximum Gasteiger partial charge on any atom is 0.238 e. The van der Waals surface area contributed by atoms with Gasteiger partial charge in [0.25, 0.3) is 0 Å². The van der Waals surface area contributed by atoms with E-state index < -0.39 is 0 Å². The zero-order chi connectivity index (χ0) is 24.2. The Kier molecular flexibility index (Phi) is 7.17. The van der Waals surface area contributed by atoms with Gasteiger partial charge in [-0.05, 0) is 48.4 Å². The summed E-state index contributed by atoms with van der Waals surface area (Å²) in [7, 11) is 1.65. The van der Waals surface area contributed by atoms with Gasteiger partial charge in [0.1, 0.15) is 5.75 Å². The molecule has 0 radical (unpaired) electrons. The Bertz CT molecular complexity index is 1040. The largest absolute Gasteiger partial charge is 0.497 e. The summed E-state index contributed by atoms with van der Waals surface area (Å²) in [6.45, 7) is 5.64. The summed E-state index contributed by atoms with van der Waals surface area (Å²) in [6.07, 6.45) is 0.857. The van der Waals surface area contributed by atoms with Crippen LogP contribution in [0.25, 0.3) is 0 Å². The van der Waals surface area contributed by atoms with Crippen molar-refractivity contribution in [1.29, 1.82) is 0 Å². The highest BCUT2D eigenvalue weighted by Gasteiger charge is 2.46. The van der Waals surface area contributed by atoms with Crippen LogP contribution in [0.2, 0.25) is 0 Å². The van der Waals surface area contributed by atoms with Gasteiger partial charge in [-0.2, -0.15) is 0 Å². The predicted molar refractivity (Wildman–Crippen MR) is 131 cm³/mol. The quantitative estimate of drug-likeness (QED) is 0.686. The highest BCUT2D eigenvalue weighted by atomic mass is 16.5. The molecular weight excluding hydrogens is 432 g/mol. The van der Waals surface area contributed by atoms with E-state index in [9.17, 15) is 14.4 Å². The van der Waals surface area contributed by atoms with Crippen molar-refractivity contribution in [3.63, 3.8) is 0 Å². The molecule has 2 aromatic carbocycles. The maximum absolute atomic E-state index is 12.7. The summed E-state index contributed by atoms with van der Waals surface area (Å²) in [4.78, 5) is 40.4. The van der Waals surface area contributed by atoms with Gasteiger partial charge in [-0.15, -0.1) is 0 Å². The van der Waals surface area contributed by atoms with E-state index in [1.165, 1.54) is 12.5 Å². The van der Waals surface area contributed by atoms with Gasteiger partial charge < -0.3 is 20.3 Å². The maximum atomic E-state index is 12.7. The van der Waals surface area contributed by atoms with Crippen LogP contribution in [0.5, 0.6) is 5.75 Å². The van der Waals surface area contributed by atoms with Gasteiger partial charge in [-0.3, -0.25) is 19.3 Å². The van der Waals surface area contributed by atoms with Crippen molar-refractivity contribution in [1.82, 2.24) is 9.80 Å². The molecule has 2 aliphatic rings. The van der Waals surface area contributed by atoms with Crippen molar-refractivity contribution in [2.75, 3.05) is 43.9 Å². The number of carbonyl (C=O) groups excluding carboxylic acids is 3. The number of carbonyl (C=O) groups is 3. The molecule has 8 nitrogen and oxygen atoms in total. The zero-order valence-corrected chi connectivity index (χ0v) is 19.9. The van der Waals surface area contributed by atoms with Gasteiger partial charge >= 0.3 is 0 Å². The second kappa shape index (κ2) is 10.3. The van der Waals surface area contributed by atoms with Crippen LogP contribution in [0, 0.1) is 5.92 Å². The molecule has 0 saturated carbocycles. The van der Waals surface area contributed by atoms with E-state index in [-0.39, 0.29) is 35.6 Å². The smallest absolute Gasteiger partial charge is 0.238 e. The van der Waals surface area contributed by atoms with E-state index >= 15 is 0 Å². The first-order valence-electron chi connectivity index (χ1n) is 11.6. The summed E-state index contributed by atoms with van der Waals surface area (Å²) in [5.41, 5.74) is 2.58. The number of methoxy groups -OCH3 is 1. The fourth-order valence-electron chi connectivity index (χ4n) is 5.26. The Hall–Kier alpha value is -3.39. The molecule has 2 fully saturated rings. The first-order valence-corrected chi connectivity index (χ1v) is 11.6. The second-order valence-corrected chi connectivity index (χ2v) is 9.11. The van der Waals surface area contributed by atoms with Crippen molar-refractivity contribution in [2.24, 2.45) is 5.92 Å². The van der Waals surface area contributed by atoms with E-state index in [1.54, 1.807) is 38.3 Å². The van der Waals surface area contributed by atoms with Crippen molar-refractivity contribution >= 4 is 29.1 Å². The zero-order valence-electron chi connectivity index (χ0n) is 19.9. The average molecular weight is 465 g/mol. The van der Waals surface area contributed by atoms with E-state index in [0.29, 0.717) is 24.5 Å². The molecule has 3 amide bonds. The first-order chi connectivity index (χ1) is 16.3. The molecule has 180 valence electrons. The van der Waals surface area contributed by atoms with Crippen molar-refractivity contribution < 1.29 is 19.1 Å². The number of piperidine rings is 1. The van der Waals surface area contributed by atoms with Crippen LogP contribution in [-0.4, -0.2) is 66.9 Å². The lowest BCUT2D eigenvalue weighted by Crippen LogP contribution is -2.49. The Morgan fingerprint density at radius 2 is 1.59 bits per heavy atom. The lowest BCUT2D eigenvalue weighted by Gasteiger charge is -2.38. The standard InChI is InChI=1S/C26H32N4O4/c1-17(31)27-20-6-8-21(9-7-20)28-26(33)16-29-13-12-25-24(14-29)23(15-30(25)18(2)32)19-4-10-22(34-3)11-5-19/h4-11,23-25H,12-16H2,1-3H3,(H,27,31)(H,28,33)/t23-,24-,25-/m1/s1. The minimum Gasteiger partial charge on any atom is -0.497 e. The predicted octanol–water partition coefficient (Wildman–Crippen LogP) is 2.93. The summed E-state index contributed by atoms with van der Waals surface area (Å²) < 4.78 is 5.30. The SMILES string of the molecule is COc1ccc([C@H]2CN(C(C)=O)[C@@H]3CCN(CC(=O)Nc4ccc(NC(C)=O)cc4)C[C@H]23)cc1. The summed E-state index contributed by atoms with van der Waals surface area (Å²) >= 11 is 0. The molecule has 2 aromatic rings. The van der Waals surface area contributed by atoms with Crippen molar-refractivity contribution in [2.45, 2.75) is 32.2 Å². The number of hydrogen-bond donors (Lipinski definition) is 2. The van der Waals surface area contributed by atoms with E-state index in [2.05, 4.69) is 27.7 Å². The monoisotopic (exact) mass is 464 g/mol. The van der Waals surface area contributed by atoms with Crippen LogP contribution in [0.4, 0.5) is 11.4 Å².